The van der Waals surface area contributed by atoms with E-state index >= 15 is 0 Å². The highest BCUT2D eigenvalue weighted by molar-refractivity contribution is 7.89. The van der Waals surface area contributed by atoms with Crippen LogP contribution in [0, 0.1) is 0 Å². The molecule has 2 rings (SSSR count). The fourth-order valence-corrected chi connectivity index (χ4v) is 5.00. The first-order valence-corrected chi connectivity index (χ1v) is 7.66. The zero-order valence-corrected chi connectivity index (χ0v) is 10.9. The molecule has 16 heavy (non-hydrogen) atoms. The molecular weight excluding hydrogens is 226 g/mol. The second kappa shape index (κ2) is 4.27. The van der Waals surface area contributed by atoms with E-state index in [1.165, 1.54) is 0 Å². The summed E-state index contributed by atoms with van der Waals surface area (Å²) in [6, 6.07) is 0. The van der Waals surface area contributed by atoms with Gasteiger partial charge >= 0.3 is 0 Å². The third kappa shape index (κ3) is 1.69. The lowest BCUT2D eigenvalue weighted by atomic mass is 9.91. The van der Waals surface area contributed by atoms with Crippen molar-refractivity contribution in [2.24, 2.45) is 0 Å². The van der Waals surface area contributed by atoms with Gasteiger partial charge in [-0.1, -0.05) is 13.8 Å². The lowest BCUT2D eigenvalue weighted by Crippen LogP contribution is -2.54. The Morgan fingerprint density at radius 1 is 1.31 bits per heavy atom. The molecule has 0 saturated carbocycles. The molecule has 0 unspecified atom stereocenters. The molecule has 0 N–H and O–H groups in total. The van der Waals surface area contributed by atoms with E-state index in [1.807, 2.05) is 0 Å². The second-order valence-electron chi connectivity index (χ2n) is 4.81. The Bertz CT molecular complexity index is 344. The van der Waals surface area contributed by atoms with E-state index in [-0.39, 0.29) is 10.8 Å². The molecule has 0 bridgehead atoms. The van der Waals surface area contributed by atoms with Crippen LogP contribution in [0.25, 0.3) is 0 Å². The highest BCUT2D eigenvalue weighted by Crippen LogP contribution is 2.39. The number of ether oxygens (including phenoxy) is 1. The van der Waals surface area contributed by atoms with Crippen LogP contribution in [0.3, 0.4) is 0 Å². The van der Waals surface area contributed by atoms with Crippen molar-refractivity contribution in [1.82, 2.24) is 4.31 Å². The van der Waals surface area contributed by atoms with E-state index in [4.69, 9.17) is 4.74 Å². The highest BCUT2D eigenvalue weighted by atomic mass is 32.2. The maximum atomic E-state index is 12.4. The van der Waals surface area contributed by atoms with Crippen LogP contribution in [0.5, 0.6) is 0 Å². The molecule has 2 saturated heterocycles. The molecule has 2 aliphatic heterocycles. The van der Waals surface area contributed by atoms with Crippen LogP contribution in [-0.4, -0.2) is 43.3 Å². The van der Waals surface area contributed by atoms with Crippen molar-refractivity contribution in [2.75, 3.05) is 19.8 Å². The van der Waals surface area contributed by atoms with Gasteiger partial charge in [0.2, 0.25) is 10.0 Å². The van der Waals surface area contributed by atoms with Gasteiger partial charge in [0.15, 0.2) is 0 Å². The number of hydrogen-bond acceptors (Lipinski definition) is 3. The van der Waals surface area contributed by atoms with Crippen molar-refractivity contribution in [3.05, 3.63) is 0 Å². The predicted molar refractivity (Wildman–Crippen MR) is 62.8 cm³/mol. The summed E-state index contributed by atoms with van der Waals surface area (Å²) in [4.78, 5) is 0. The minimum Gasteiger partial charge on any atom is -0.378 e. The van der Waals surface area contributed by atoms with E-state index < -0.39 is 10.0 Å². The van der Waals surface area contributed by atoms with Crippen LogP contribution in [0.4, 0.5) is 0 Å². The van der Waals surface area contributed by atoms with Crippen molar-refractivity contribution in [1.29, 1.82) is 0 Å². The lowest BCUT2D eigenvalue weighted by molar-refractivity contribution is 0.0374. The number of hydrogen-bond donors (Lipinski definition) is 0. The van der Waals surface area contributed by atoms with E-state index in [0.717, 1.165) is 25.7 Å². The van der Waals surface area contributed by atoms with E-state index in [1.54, 1.807) is 4.31 Å². The maximum absolute atomic E-state index is 12.4. The minimum atomic E-state index is -3.13. The van der Waals surface area contributed by atoms with Crippen LogP contribution in [-0.2, 0) is 14.8 Å². The summed E-state index contributed by atoms with van der Waals surface area (Å²) in [5, 5.41) is -0.289. The van der Waals surface area contributed by atoms with Gasteiger partial charge in [0.25, 0.3) is 0 Å². The van der Waals surface area contributed by atoms with Crippen molar-refractivity contribution in [3.63, 3.8) is 0 Å². The fraction of sp³-hybridized carbons (Fsp3) is 1.00. The van der Waals surface area contributed by atoms with Crippen molar-refractivity contribution in [2.45, 2.75) is 50.3 Å². The SMILES string of the molecule is CCC1(CC)CCCN1S(=O)(=O)C1COC1. The molecule has 2 aliphatic rings. The summed E-state index contributed by atoms with van der Waals surface area (Å²) in [7, 11) is -3.13. The summed E-state index contributed by atoms with van der Waals surface area (Å²) in [5.41, 5.74) is -0.117. The Morgan fingerprint density at radius 2 is 1.94 bits per heavy atom. The molecule has 0 aliphatic carbocycles. The molecule has 0 amide bonds. The van der Waals surface area contributed by atoms with Crippen molar-refractivity contribution < 1.29 is 13.2 Å². The Kier molecular flexibility index (Phi) is 3.29. The standard InChI is InChI=1S/C11H21NO3S/c1-3-11(4-2)6-5-7-12(11)16(13,14)10-8-15-9-10/h10H,3-9H2,1-2H3. The van der Waals surface area contributed by atoms with Gasteiger partial charge in [0.1, 0.15) is 5.25 Å². The Balaban J connectivity index is 2.25. The first kappa shape index (κ1) is 12.3. The Morgan fingerprint density at radius 3 is 2.38 bits per heavy atom. The average Bonchev–Trinajstić information content (AvgIpc) is 2.59. The summed E-state index contributed by atoms with van der Waals surface area (Å²) >= 11 is 0. The van der Waals surface area contributed by atoms with Gasteiger partial charge in [-0.3, -0.25) is 0 Å². The van der Waals surface area contributed by atoms with Gasteiger partial charge < -0.3 is 4.74 Å². The molecule has 0 radical (unpaired) electrons. The molecule has 0 aromatic rings. The molecule has 0 aromatic carbocycles. The van der Waals surface area contributed by atoms with Crippen molar-refractivity contribution in [3.8, 4) is 0 Å². The van der Waals surface area contributed by atoms with E-state index in [9.17, 15) is 8.42 Å². The Hall–Kier alpha value is -0.130. The number of nitrogens with zero attached hydrogens (tertiary/aromatic N) is 1. The lowest BCUT2D eigenvalue weighted by Gasteiger charge is -2.40. The molecule has 5 heteroatoms. The maximum Gasteiger partial charge on any atom is 0.222 e. The molecule has 4 nitrogen and oxygen atoms in total. The van der Waals surface area contributed by atoms with Crippen molar-refractivity contribution >= 4 is 10.0 Å². The minimum absolute atomic E-state index is 0.117. The van der Waals surface area contributed by atoms with Gasteiger partial charge in [-0.15, -0.1) is 0 Å². The van der Waals surface area contributed by atoms with Crippen LogP contribution in [0.1, 0.15) is 39.5 Å². The van der Waals surface area contributed by atoms with Crippen LogP contribution in [0.2, 0.25) is 0 Å². The normalized spacial score (nSPS) is 26.9. The first-order chi connectivity index (χ1) is 7.57. The van der Waals surface area contributed by atoms with E-state index in [2.05, 4.69) is 13.8 Å². The van der Waals surface area contributed by atoms with Gasteiger partial charge in [-0.25, -0.2) is 8.42 Å². The smallest absolute Gasteiger partial charge is 0.222 e. The predicted octanol–water partition coefficient (Wildman–Crippen LogP) is 1.37. The van der Waals surface area contributed by atoms with Gasteiger partial charge in [-0.05, 0) is 25.7 Å². The molecule has 2 heterocycles. The number of sulfonamides is 1. The summed E-state index contributed by atoms with van der Waals surface area (Å²) in [6.07, 6.45) is 3.83. The largest absolute Gasteiger partial charge is 0.378 e. The molecule has 94 valence electrons. The molecule has 0 atom stereocenters. The monoisotopic (exact) mass is 247 g/mol. The van der Waals surface area contributed by atoms with Crippen LogP contribution < -0.4 is 0 Å². The van der Waals surface area contributed by atoms with Crippen LogP contribution >= 0.6 is 0 Å². The molecular formula is C11H21NO3S. The quantitative estimate of drug-likeness (QED) is 0.754. The highest BCUT2D eigenvalue weighted by Gasteiger charge is 2.48. The topological polar surface area (TPSA) is 46.6 Å². The average molecular weight is 247 g/mol. The zero-order chi connectivity index (χ0) is 11.8. The zero-order valence-electron chi connectivity index (χ0n) is 10.1. The molecule has 2 fully saturated rings. The van der Waals surface area contributed by atoms with Gasteiger partial charge in [0.05, 0.1) is 13.2 Å². The third-order valence-electron chi connectivity index (χ3n) is 4.18. The molecule has 0 spiro atoms. The van der Waals surface area contributed by atoms with Gasteiger partial charge in [-0.2, -0.15) is 4.31 Å². The summed E-state index contributed by atoms with van der Waals surface area (Å²) in [6.45, 7) is 5.63. The first-order valence-electron chi connectivity index (χ1n) is 6.16. The fourth-order valence-electron chi connectivity index (χ4n) is 2.83. The number of rotatable bonds is 4. The van der Waals surface area contributed by atoms with Gasteiger partial charge in [0, 0.05) is 12.1 Å². The third-order valence-corrected chi connectivity index (χ3v) is 6.48. The summed E-state index contributed by atoms with van der Waals surface area (Å²) < 4.78 is 31.6. The Labute approximate surface area is 98.0 Å². The summed E-state index contributed by atoms with van der Waals surface area (Å²) in [5.74, 6) is 0. The van der Waals surface area contributed by atoms with Crippen LogP contribution in [0.15, 0.2) is 0 Å². The van der Waals surface area contributed by atoms with E-state index in [0.29, 0.717) is 19.8 Å². The molecule has 0 aromatic heterocycles. The second-order valence-corrected chi connectivity index (χ2v) is 6.95.